The van der Waals surface area contributed by atoms with Crippen molar-refractivity contribution in [3.05, 3.63) is 94.7 Å². The highest BCUT2D eigenvalue weighted by molar-refractivity contribution is 9.08. The Hall–Kier alpha value is -3.38. The Labute approximate surface area is 220 Å². The Morgan fingerprint density at radius 3 is 2.53 bits per heavy atom. The lowest BCUT2D eigenvalue weighted by molar-refractivity contribution is 0.102. The van der Waals surface area contributed by atoms with Crippen LogP contribution in [0.3, 0.4) is 0 Å². The molecule has 1 saturated heterocycles. The van der Waals surface area contributed by atoms with Crippen LogP contribution in [0.5, 0.6) is 0 Å². The van der Waals surface area contributed by atoms with Gasteiger partial charge in [-0.2, -0.15) is 0 Å². The van der Waals surface area contributed by atoms with Crippen molar-refractivity contribution in [1.82, 2.24) is 4.57 Å². The molecular formula is C30H30BrN3O2. The molecule has 1 N–H and O–H groups in total. The van der Waals surface area contributed by atoms with Gasteiger partial charge in [0.15, 0.2) is 0 Å². The molecule has 1 fully saturated rings. The number of hydrogen-bond acceptors (Lipinski definition) is 3. The third-order valence-corrected chi connectivity index (χ3v) is 7.64. The molecule has 3 aromatic carbocycles. The van der Waals surface area contributed by atoms with Crippen LogP contribution in [0.15, 0.2) is 66.7 Å². The number of carbonyl (C=O) groups is 2. The molecule has 1 aliphatic heterocycles. The summed E-state index contributed by atoms with van der Waals surface area (Å²) < 4.78 is 1.95. The molecule has 0 spiro atoms. The van der Waals surface area contributed by atoms with Crippen LogP contribution in [-0.2, 0) is 12.4 Å². The molecule has 0 bridgehead atoms. The molecule has 36 heavy (non-hydrogen) atoms. The first-order valence-corrected chi connectivity index (χ1v) is 13.5. The number of amides is 1. The van der Waals surface area contributed by atoms with Crippen LogP contribution in [0.25, 0.3) is 10.9 Å². The summed E-state index contributed by atoms with van der Waals surface area (Å²) in [5, 5.41) is 4.71. The van der Waals surface area contributed by atoms with E-state index in [2.05, 4.69) is 38.3 Å². The van der Waals surface area contributed by atoms with Gasteiger partial charge in [0.1, 0.15) is 0 Å². The highest BCUT2D eigenvalue weighted by Gasteiger charge is 2.22. The summed E-state index contributed by atoms with van der Waals surface area (Å²) in [6.07, 6.45) is 3.53. The largest absolute Gasteiger partial charge is 0.372 e. The van der Waals surface area contributed by atoms with Crippen molar-refractivity contribution in [2.24, 2.45) is 7.05 Å². The quantitative estimate of drug-likeness (QED) is 0.213. The van der Waals surface area contributed by atoms with Gasteiger partial charge < -0.3 is 14.8 Å². The van der Waals surface area contributed by atoms with E-state index < -0.39 is 0 Å². The molecule has 0 saturated carbocycles. The van der Waals surface area contributed by atoms with Crippen LogP contribution < -0.4 is 10.2 Å². The molecule has 184 valence electrons. The lowest BCUT2D eigenvalue weighted by atomic mass is 10.0. The van der Waals surface area contributed by atoms with Crippen molar-refractivity contribution in [3.63, 3.8) is 0 Å². The van der Waals surface area contributed by atoms with Crippen LogP contribution in [0.4, 0.5) is 11.4 Å². The van der Waals surface area contributed by atoms with Crippen molar-refractivity contribution in [3.8, 4) is 0 Å². The predicted octanol–water partition coefficient (Wildman–Crippen LogP) is 6.86. The number of carbonyl (C=O) groups excluding carboxylic acids is 2. The number of ketones is 1. The third-order valence-electron chi connectivity index (χ3n) is 6.99. The van der Waals surface area contributed by atoms with Crippen LogP contribution in [0.2, 0.25) is 0 Å². The molecule has 1 aliphatic rings. The maximum Gasteiger partial charge on any atom is 0.255 e. The molecule has 0 radical (unpaired) electrons. The fraction of sp³-hybridized carbons (Fsp3) is 0.267. The lowest BCUT2D eigenvalue weighted by Crippen LogP contribution is -2.29. The van der Waals surface area contributed by atoms with Crippen molar-refractivity contribution in [1.29, 1.82) is 0 Å². The second-order valence-electron chi connectivity index (χ2n) is 9.55. The topological polar surface area (TPSA) is 54.3 Å². The summed E-state index contributed by atoms with van der Waals surface area (Å²) in [6.45, 7) is 4.01. The third kappa shape index (κ3) is 4.82. The van der Waals surface area contributed by atoms with Crippen molar-refractivity contribution < 1.29 is 9.59 Å². The number of benzene rings is 3. The van der Waals surface area contributed by atoms with Crippen LogP contribution in [0, 0.1) is 6.92 Å². The van der Waals surface area contributed by atoms with Gasteiger partial charge in [0, 0.05) is 53.2 Å². The van der Waals surface area contributed by atoms with E-state index in [1.54, 1.807) is 6.07 Å². The maximum absolute atomic E-state index is 14.0. The summed E-state index contributed by atoms with van der Waals surface area (Å²) in [4.78, 5) is 29.5. The van der Waals surface area contributed by atoms with Gasteiger partial charge in [-0.25, -0.2) is 0 Å². The Morgan fingerprint density at radius 1 is 0.944 bits per heavy atom. The molecule has 1 aromatic heterocycles. The predicted molar refractivity (Wildman–Crippen MR) is 151 cm³/mol. The Kier molecular flexibility index (Phi) is 6.97. The Balaban J connectivity index is 1.55. The van der Waals surface area contributed by atoms with E-state index >= 15 is 0 Å². The highest BCUT2D eigenvalue weighted by Crippen LogP contribution is 2.30. The van der Waals surface area contributed by atoms with Gasteiger partial charge in [0.2, 0.25) is 5.78 Å². The number of aryl methyl sites for hydroxylation is 2. The summed E-state index contributed by atoms with van der Waals surface area (Å²) in [5.41, 5.74) is 6.39. The first-order valence-electron chi connectivity index (χ1n) is 12.4. The average molecular weight is 544 g/mol. The molecule has 0 aliphatic carbocycles. The number of nitrogens with one attached hydrogen (secondary N) is 1. The molecule has 1 amide bonds. The number of anilines is 2. The minimum atomic E-state index is -0.231. The van der Waals surface area contributed by atoms with E-state index in [4.69, 9.17) is 0 Å². The Morgan fingerprint density at radius 2 is 1.75 bits per heavy atom. The molecule has 5 rings (SSSR count). The summed E-state index contributed by atoms with van der Waals surface area (Å²) in [5.74, 6) is -0.333. The van der Waals surface area contributed by atoms with Crippen LogP contribution in [-0.4, -0.2) is 29.3 Å². The van der Waals surface area contributed by atoms with E-state index in [9.17, 15) is 9.59 Å². The Bertz CT molecular complexity index is 1450. The van der Waals surface area contributed by atoms with E-state index in [1.165, 1.54) is 6.42 Å². The minimum absolute atomic E-state index is 0.102. The molecule has 6 heteroatoms. The van der Waals surface area contributed by atoms with Gasteiger partial charge in [-0.15, -0.1) is 0 Å². The smallest absolute Gasteiger partial charge is 0.255 e. The second-order valence-corrected chi connectivity index (χ2v) is 10.1. The minimum Gasteiger partial charge on any atom is -0.372 e. The number of rotatable bonds is 6. The van der Waals surface area contributed by atoms with Gasteiger partial charge in [-0.05, 0) is 79.8 Å². The molecule has 5 nitrogen and oxygen atoms in total. The second kappa shape index (κ2) is 10.3. The van der Waals surface area contributed by atoms with Gasteiger partial charge in [0.05, 0.1) is 11.4 Å². The fourth-order valence-electron chi connectivity index (χ4n) is 4.96. The van der Waals surface area contributed by atoms with E-state index in [0.29, 0.717) is 27.8 Å². The standard InChI is InChI=1S/C30H30BrN3O2/c1-20-9-10-22-17-28(33(2)27(22)15-20)29(35)25-18-24(34-13-4-3-5-14-34)11-12-26(25)32-30(36)23-8-6-7-21(16-23)19-31/h6-12,15-18H,3-5,13-14,19H2,1-2H3,(H,32,36). The molecule has 2 heterocycles. The molecule has 0 atom stereocenters. The van der Waals surface area contributed by atoms with Crippen molar-refractivity contribution in [2.45, 2.75) is 31.5 Å². The average Bonchev–Trinajstić information content (AvgIpc) is 3.24. The lowest BCUT2D eigenvalue weighted by Gasteiger charge is -2.29. The number of piperidine rings is 1. The molecule has 0 unspecified atom stereocenters. The van der Waals surface area contributed by atoms with Gasteiger partial charge >= 0.3 is 0 Å². The summed E-state index contributed by atoms with van der Waals surface area (Å²) in [7, 11) is 1.92. The maximum atomic E-state index is 14.0. The molecule has 4 aromatic rings. The first-order chi connectivity index (χ1) is 17.4. The van der Waals surface area contributed by atoms with Crippen LogP contribution >= 0.6 is 15.9 Å². The van der Waals surface area contributed by atoms with Gasteiger partial charge in [0.25, 0.3) is 5.91 Å². The van der Waals surface area contributed by atoms with Crippen molar-refractivity contribution >= 4 is 49.9 Å². The number of halogens is 1. The number of alkyl halides is 1. The number of fused-ring (bicyclic) bond motifs is 1. The van der Waals surface area contributed by atoms with Gasteiger partial charge in [-0.3, -0.25) is 9.59 Å². The normalized spacial score (nSPS) is 13.7. The zero-order chi connectivity index (χ0) is 25.2. The number of aromatic nitrogens is 1. The summed E-state index contributed by atoms with van der Waals surface area (Å²) >= 11 is 3.45. The van der Waals surface area contributed by atoms with E-state index in [-0.39, 0.29) is 11.7 Å². The first kappa shape index (κ1) is 24.3. The fourth-order valence-corrected chi connectivity index (χ4v) is 5.31. The summed E-state index contributed by atoms with van der Waals surface area (Å²) in [6, 6.07) is 21.5. The van der Waals surface area contributed by atoms with Gasteiger partial charge in [-0.1, -0.05) is 40.2 Å². The number of nitrogens with zero attached hydrogens (tertiary/aromatic N) is 2. The van der Waals surface area contributed by atoms with E-state index in [0.717, 1.165) is 53.6 Å². The zero-order valence-electron chi connectivity index (χ0n) is 20.7. The number of hydrogen-bond donors (Lipinski definition) is 1. The highest BCUT2D eigenvalue weighted by atomic mass is 79.9. The monoisotopic (exact) mass is 543 g/mol. The SMILES string of the molecule is Cc1ccc2cc(C(=O)c3cc(N4CCCCC4)ccc3NC(=O)c3cccc(CBr)c3)n(C)c2c1. The van der Waals surface area contributed by atoms with Crippen molar-refractivity contribution in [2.75, 3.05) is 23.3 Å². The van der Waals surface area contributed by atoms with Crippen LogP contribution in [0.1, 0.15) is 56.8 Å². The zero-order valence-corrected chi connectivity index (χ0v) is 22.3. The van der Waals surface area contributed by atoms with E-state index in [1.807, 2.05) is 67.1 Å². The molecular weight excluding hydrogens is 514 g/mol.